The summed E-state index contributed by atoms with van der Waals surface area (Å²) in [6.45, 7) is 0. The Labute approximate surface area is 67.2 Å². The van der Waals surface area contributed by atoms with E-state index in [1.54, 1.807) is 13.3 Å². The van der Waals surface area contributed by atoms with Crippen LogP contribution in [0.1, 0.15) is 19.3 Å². The topological polar surface area (TPSA) is 64.4 Å². The molecule has 0 fully saturated rings. The zero-order valence-corrected chi connectivity index (χ0v) is 6.88. The Morgan fingerprint density at radius 1 is 1.64 bits per heavy atom. The molecule has 0 spiro atoms. The second-order valence-electron chi connectivity index (χ2n) is 2.87. The lowest BCUT2D eigenvalue weighted by Crippen LogP contribution is -2.29. The standard InChI is InChI=1S/C8H15N3/c1-11-5-6-7(9)3-2-4-8(6)10/h5,7H,2-4,9-10H2,1H3. The third-order valence-electron chi connectivity index (χ3n) is 2.00. The smallest absolute Gasteiger partial charge is 0.0327 e. The molecular weight excluding hydrogens is 138 g/mol. The van der Waals surface area contributed by atoms with E-state index in [0.717, 1.165) is 30.5 Å². The molecule has 0 aromatic carbocycles. The van der Waals surface area contributed by atoms with Crippen LogP contribution in [0.25, 0.3) is 0 Å². The molecule has 0 radical (unpaired) electrons. The highest BCUT2D eigenvalue weighted by molar-refractivity contribution is 5.81. The highest BCUT2D eigenvalue weighted by Gasteiger charge is 2.15. The van der Waals surface area contributed by atoms with Gasteiger partial charge in [0.25, 0.3) is 0 Å². The quantitative estimate of drug-likeness (QED) is 0.536. The third kappa shape index (κ3) is 1.80. The summed E-state index contributed by atoms with van der Waals surface area (Å²) in [5.41, 5.74) is 13.5. The molecule has 11 heavy (non-hydrogen) atoms. The second-order valence-corrected chi connectivity index (χ2v) is 2.87. The van der Waals surface area contributed by atoms with Gasteiger partial charge in [-0.05, 0) is 19.3 Å². The Balaban J connectivity index is 2.82. The summed E-state index contributed by atoms with van der Waals surface area (Å²) in [4.78, 5) is 3.92. The molecule has 3 nitrogen and oxygen atoms in total. The monoisotopic (exact) mass is 153 g/mol. The van der Waals surface area contributed by atoms with E-state index in [9.17, 15) is 0 Å². The van der Waals surface area contributed by atoms with Gasteiger partial charge in [-0.15, -0.1) is 0 Å². The van der Waals surface area contributed by atoms with Crippen molar-refractivity contribution >= 4 is 6.21 Å². The number of hydrogen-bond acceptors (Lipinski definition) is 3. The largest absolute Gasteiger partial charge is 0.402 e. The van der Waals surface area contributed by atoms with Gasteiger partial charge in [0.2, 0.25) is 0 Å². The molecule has 0 aromatic rings. The van der Waals surface area contributed by atoms with Crippen LogP contribution in [0.15, 0.2) is 16.3 Å². The van der Waals surface area contributed by atoms with Gasteiger partial charge in [-0.1, -0.05) is 0 Å². The van der Waals surface area contributed by atoms with Crippen molar-refractivity contribution in [3.63, 3.8) is 0 Å². The Morgan fingerprint density at radius 2 is 2.36 bits per heavy atom. The van der Waals surface area contributed by atoms with Crippen molar-refractivity contribution in [3.05, 3.63) is 11.3 Å². The van der Waals surface area contributed by atoms with Crippen LogP contribution in [-0.2, 0) is 0 Å². The van der Waals surface area contributed by atoms with Crippen molar-refractivity contribution < 1.29 is 0 Å². The Bertz CT molecular complexity index is 194. The van der Waals surface area contributed by atoms with E-state index in [1.165, 1.54) is 0 Å². The van der Waals surface area contributed by atoms with E-state index in [4.69, 9.17) is 11.5 Å². The summed E-state index contributed by atoms with van der Waals surface area (Å²) in [7, 11) is 1.74. The molecule has 0 bridgehead atoms. The van der Waals surface area contributed by atoms with Gasteiger partial charge in [0, 0.05) is 30.6 Å². The van der Waals surface area contributed by atoms with E-state index in [-0.39, 0.29) is 6.04 Å². The minimum absolute atomic E-state index is 0.104. The van der Waals surface area contributed by atoms with Crippen molar-refractivity contribution in [2.24, 2.45) is 16.5 Å². The minimum Gasteiger partial charge on any atom is -0.402 e. The molecule has 3 heteroatoms. The number of hydrogen-bond donors (Lipinski definition) is 2. The van der Waals surface area contributed by atoms with Crippen LogP contribution < -0.4 is 11.5 Å². The Morgan fingerprint density at radius 3 is 2.91 bits per heavy atom. The van der Waals surface area contributed by atoms with Crippen LogP contribution in [0, 0.1) is 0 Å². The summed E-state index contributed by atoms with van der Waals surface area (Å²) in [6, 6.07) is 0.104. The van der Waals surface area contributed by atoms with Crippen molar-refractivity contribution in [3.8, 4) is 0 Å². The van der Waals surface area contributed by atoms with Crippen molar-refractivity contribution in [1.29, 1.82) is 0 Å². The van der Waals surface area contributed by atoms with Crippen LogP contribution in [0.3, 0.4) is 0 Å². The number of nitrogens with two attached hydrogens (primary N) is 2. The van der Waals surface area contributed by atoms with E-state index in [1.807, 2.05) is 0 Å². The maximum absolute atomic E-state index is 5.83. The first-order valence-corrected chi connectivity index (χ1v) is 3.92. The van der Waals surface area contributed by atoms with Gasteiger partial charge in [-0.3, -0.25) is 4.99 Å². The van der Waals surface area contributed by atoms with E-state index < -0.39 is 0 Å². The first-order valence-electron chi connectivity index (χ1n) is 3.92. The van der Waals surface area contributed by atoms with Gasteiger partial charge in [0.05, 0.1) is 0 Å². The van der Waals surface area contributed by atoms with Crippen molar-refractivity contribution in [2.45, 2.75) is 25.3 Å². The summed E-state index contributed by atoms with van der Waals surface area (Å²) in [6.07, 6.45) is 4.88. The van der Waals surface area contributed by atoms with Gasteiger partial charge < -0.3 is 11.5 Å². The molecule has 0 heterocycles. The molecule has 1 aliphatic rings. The van der Waals surface area contributed by atoms with Gasteiger partial charge in [0.15, 0.2) is 0 Å². The zero-order chi connectivity index (χ0) is 8.27. The summed E-state index contributed by atoms with van der Waals surface area (Å²) in [5, 5.41) is 0. The normalized spacial score (nSPS) is 26.5. The lowest BCUT2D eigenvalue weighted by atomic mass is 9.93. The van der Waals surface area contributed by atoms with E-state index in [0.29, 0.717) is 0 Å². The van der Waals surface area contributed by atoms with Crippen LogP contribution in [-0.4, -0.2) is 19.3 Å². The highest BCUT2D eigenvalue weighted by Crippen LogP contribution is 2.18. The predicted molar refractivity (Wildman–Crippen MR) is 47.5 cm³/mol. The number of allylic oxidation sites excluding steroid dienone is 1. The molecule has 62 valence electrons. The molecule has 0 saturated heterocycles. The average molecular weight is 153 g/mol. The molecule has 0 saturated carbocycles. The second kappa shape index (κ2) is 3.53. The van der Waals surface area contributed by atoms with E-state index >= 15 is 0 Å². The molecule has 0 aromatic heterocycles. The number of nitrogens with zero attached hydrogens (tertiary/aromatic N) is 1. The van der Waals surface area contributed by atoms with Gasteiger partial charge in [-0.25, -0.2) is 0 Å². The summed E-state index contributed by atoms with van der Waals surface area (Å²) < 4.78 is 0. The van der Waals surface area contributed by atoms with Crippen LogP contribution in [0.4, 0.5) is 0 Å². The van der Waals surface area contributed by atoms with Crippen molar-refractivity contribution in [1.82, 2.24) is 0 Å². The van der Waals surface area contributed by atoms with Crippen LogP contribution in [0.5, 0.6) is 0 Å². The predicted octanol–water partition coefficient (Wildman–Crippen LogP) is 0.411. The maximum Gasteiger partial charge on any atom is 0.0327 e. The molecular formula is C8H15N3. The van der Waals surface area contributed by atoms with Crippen molar-refractivity contribution in [2.75, 3.05) is 7.05 Å². The summed E-state index contributed by atoms with van der Waals surface area (Å²) in [5.74, 6) is 0. The molecule has 1 rings (SSSR count). The fourth-order valence-electron chi connectivity index (χ4n) is 1.37. The molecule has 0 amide bonds. The first-order chi connectivity index (χ1) is 5.25. The van der Waals surface area contributed by atoms with Crippen LogP contribution >= 0.6 is 0 Å². The number of rotatable bonds is 1. The van der Waals surface area contributed by atoms with Gasteiger partial charge >= 0.3 is 0 Å². The highest BCUT2D eigenvalue weighted by atomic mass is 14.7. The van der Waals surface area contributed by atoms with Crippen LogP contribution in [0.2, 0.25) is 0 Å². The third-order valence-corrected chi connectivity index (χ3v) is 2.00. The minimum atomic E-state index is 0.104. The fourth-order valence-corrected chi connectivity index (χ4v) is 1.37. The lowest BCUT2D eigenvalue weighted by Gasteiger charge is -2.20. The Hall–Kier alpha value is -0.830. The van der Waals surface area contributed by atoms with Gasteiger partial charge in [0.1, 0.15) is 0 Å². The SMILES string of the molecule is CN=CC1=C(N)CCCC1N. The molecule has 1 aliphatic carbocycles. The number of aliphatic imine (C=N–C) groups is 1. The maximum atomic E-state index is 5.83. The first kappa shape index (κ1) is 8.27. The zero-order valence-electron chi connectivity index (χ0n) is 6.88. The molecule has 4 N–H and O–H groups in total. The molecule has 1 unspecified atom stereocenters. The molecule has 0 aliphatic heterocycles. The van der Waals surface area contributed by atoms with E-state index in [2.05, 4.69) is 4.99 Å². The fraction of sp³-hybridized carbons (Fsp3) is 0.625. The van der Waals surface area contributed by atoms with Gasteiger partial charge in [-0.2, -0.15) is 0 Å². The summed E-state index contributed by atoms with van der Waals surface area (Å²) >= 11 is 0. The molecule has 1 atom stereocenters. The average Bonchev–Trinajstić information content (AvgIpc) is 1.97. The lowest BCUT2D eigenvalue weighted by molar-refractivity contribution is 0.609. The Kier molecular flexibility index (Phi) is 2.65.